The molecule has 1 aliphatic heterocycles. The lowest BCUT2D eigenvalue weighted by molar-refractivity contribution is 0.283. The molecule has 0 radical (unpaired) electrons. The molecule has 0 atom stereocenters. The Balaban J connectivity index is 1.13. The summed E-state index contributed by atoms with van der Waals surface area (Å²) < 4.78 is 1.18. The van der Waals surface area contributed by atoms with Gasteiger partial charge >= 0.3 is 0 Å². The third-order valence-electron chi connectivity index (χ3n) is 6.32. The van der Waals surface area contributed by atoms with E-state index in [2.05, 4.69) is 51.2 Å². The summed E-state index contributed by atoms with van der Waals surface area (Å²) in [5, 5.41) is 2.37. The molecule has 0 amide bonds. The minimum atomic E-state index is -0.169. The minimum absolute atomic E-state index is 0.169. The highest BCUT2D eigenvalue weighted by Crippen LogP contribution is 2.27. The van der Waals surface area contributed by atoms with Gasteiger partial charge in [-0.25, -0.2) is 14.6 Å². The SMILES string of the molecule is Cc1sc2nc(SCC=CCN3CCN(c4ccc5ccccc5n4)CC3)n(N)c(=O)c2c1C. The molecule has 1 aliphatic rings. The van der Waals surface area contributed by atoms with Crippen LogP contribution in [0.3, 0.4) is 0 Å². The van der Waals surface area contributed by atoms with Crippen LogP contribution in [0.5, 0.6) is 0 Å². The number of fused-ring (bicyclic) bond motifs is 2. The molecule has 3 aromatic heterocycles. The second kappa shape index (κ2) is 9.77. The Hall–Kier alpha value is -2.88. The van der Waals surface area contributed by atoms with E-state index >= 15 is 0 Å². The summed E-state index contributed by atoms with van der Waals surface area (Å²) in [5.74, 6) is 7.81. The fraction of sp³-hybridized carbons (Fsp3) is 0.320. The molecule has 0 spiro atoms. The maximum Gasteiger partial charge on any atom is 0.281 e. The number of rotatable bonds is 6. The molecule has 7 nitrogen and oxygen atoms in total. The average Bonchev–Trinajstić information content (AvgIpc) is 3.15. The first-order chi connectivity index (χ1) is 16.5. The van der Waals surface area contributed by atoms with Gasteiger partial charge in [-0.2, -0.15) is 0 Å². The van der Waals surface area contributed by atoms with Gasteiger partial charge in [-0.1, -0.05) is 42.1 Å². The van der Waals surface area contributed by atoms with Crippen LogP contribution in [0.2, 0.25) is 0 Å². The number of thiophene rings is 1. The molecule has 2 N–H and O–H groups in total. The van der Waals surface area contributed by atoms with E-state index in [1.165, 1.54) is 21.8 Å². The lowest BCUT2D eigenvalue weighted by Crippen LogP contribution is -2.46. The van der Waals surface area contributed by atoms with Crippen LogP contribution in [-0.4, -0.2) is 58.0 Å². The van der Waals surface area contributed by atoms with Gasteiger partial charge in [0.25, 0.3) is 5.56 Å². The Morgan fingerprint density at radius 1 is 1.06 bits per heavy atom. The number of para-hydroxylation sites is 1. The Morgan fingerprint density at radius 2 is 1.85 bits per heavy atom. The summed E-state index contributed by atoms with van der Waals surface area (Å²) in [6, 6.07) is 12.5. The molecule has 0 saturated carbocycles. The third-order valence-corrected chi connectivity index (χ3v) is 8.33. The molecular formula is C25H28N6OS2. The van der Waals surface area contributed by atoms with Gasteiger partial charge < -0.3 is 10.7 Å². The lowest BCUT2D eigenvalue weighted by atomic mass is 10.2. The fourth-order valence-electron chi connectivity index (χ4n) is 4.19. The quantitative estimate of drug-likeness (QED) is 0.190. The number of hydrogen-bond acceptors (Lipinski definition) is 8. The molecule has 1 aromatic carbocycles. The zero-order chi connectivity index (χ0) is 23.7. The Morgan fingerprint density at radius 3 is 2.68 bits per heavy atom. The van der Waals surface area contributed by atoms with Crippen molar-refractivity contribution < 1.29 is 0 Å². The first-order valence-electron chi connectivity index (χ1n) is 11.4. The van der Waals surface area contributed by atoms with Gasteiger partial charge in [-0.3, -0.25) is 9.69 Å². The predicted molar refractivity (Wildman–Crippen MR) is 144 cm³/mol. The van der Waals surface area contributed by atoms with Crippen molar-refractivity contribution in [2.45, 2.75) is 19.0 Å². The predicted octanol–water partition coefficient (Wildman–Crippen LogP) is 3.81. The molecular weight excluding hydrogens is 464 g/mol. The average molecular weight is 493 g/mol. The standard InChI is InChI=1S/C25H28N6OS2/c1-17-18(2)34-23-22(17)24(32)31(26)25(28-23)33-16-6-5-11-29-12-14-30(15-13-29)21-10-9-19-7-3-4-8-20(19)27-21/h3-10H,11-16,26H2,1-2H3. The number of nitrogen functional groups attached to an aromatic ring is 1. The number of nitrogens with zero attached hydrogens (tertiary/aromatic N) is 5. The van der Waals surface area contributed by atoms with Gasteiger partial charge in [0, 0.05) is 48.7 Å². The molecule has 0 aliphatic carbocycles. The van der Waals surface area contributed by atoms with Crippen molar-refractivity contribution in [1.29, 1.82) is 0 Å². The van der Waals surface area contributed by atoms with Crippen molar-refractivity contribution in [3.05, 3.63) is 69.3 Å². The Bertz CT molecular complexity index is 1420. The maximum atomic E-state index is 12.6. The van der Waals surface area contributed by atoms with Crippen LogP contribution < -0.4 is 16.3 Å². The van der Waals surface area contributed by atoms with E-state index in [0.29, 0.717) is 10.5 Å². The number of aromatic nitrogens is 3. The molecule has 0 unspecified atom stereocenters. The van der Waals surface area contributed by atoms with Crippen LogP contribution in [-0.2, 0) is 0 Å². The molecule has 5 rings (SSSR count). The van der Waals surface area contributed by atoms with Crippen LogP contribution in [0.25, 0.3) is 21.1 Å². The topological polar surface area (TPSA) is 80.3 Å². The van der Waals surface area contributed by atoms with Gasteiger partial charge in [0.2, 0.25) is 0 Å². The summed E-state index contributed by atoms with van der Waals surface area (Å²) >= 11 is 3.04. The summed E-state index contributed by atoms with van der Waals surface area (Å²) in [6.07, 6.45) is 4.32. The monoisotopic (exact) mass is 492 g/mol. The van der Waals surface area contributed by atoms with Gasteiger partial charge in [-0.05, 0) is 37.6 Å². The van der Waals surface area contributed by atoms with E-state index in [4.69, 9.17) is 10.8 Å². The van der Waals surface area contributed by atoms with Crippen molar-refractivity contribution in [3.63, 3.8) is 0 Å². The molecule has 176 valence electrons. The third kappa shape index (κ3) is 4.55. The zero-order valence-corrected chi connectivity index (χ0v) is 21.0. The summed E-state index contributed by atoms with van der Waals surface area (Å²) in [6.45, 7) is 8.81. The van der Waals surface area contributed by atoms with E-state index in [0.717, 1.165) is 65.1 Å². The number of thioether (sulfide) groups is 1. The van der Waals surface area contributed by atoms with Crippen molar-refractivity contribution >= 4 is 50.0 Å². The van der Waals surface area contributed by atoms with Gasteiger partial charge in [-0.15, -0.1) is 11.3 Å². The molecule has 1 saturated heterocycles. The number of anilines is 1. The second-order valence-electron chi connectivity index (χ2n) is 8.47. The van der Waals surface area contributed by atoms with Gasteiger partial charge in [0.1, 0.15) is 10.6 Å². The summed E-state index contributed by atoms with van der Waals surface area (Å²) in [4.78, 5) is 28.8. The van der Waals surface area contributed by atoms with E-state index < -0.39 is 0 Å². The second-order valence-corrected chi connectivity index (χ2v) is 10.7. The molecule has 1 fully saturated rings. The highest BCUT2D eigenvalue weighted by molar-refractivity contribution is 7.99. The van der Waals surface area contributed by atoms with Crippen LogP contribution in [0, 0.1) is 13.8 Å². The number of pyridine rings is 1. The van der Waals surface area contributed by atoms with E-state index in [1.807, 2.05) is 26.0 Å². The van der Waals surface area contributed by atoms with Crippen molar-refractivity contribution in [2.75, 3.05) is 49.2 Å². The number of aryl methyl sites for hydroxylation is 2. The number of benzene rings is 1. The minimum Gasteiger partial charge on any atom is -0.354 e. The fourth-order valence-corrected chi connectivity index (χ4v) is 6.03. The molecule has 0 bridgehead atoms. The van der Waals surface area contributed by atoms with Crippen LogP contribution in [0.4, 0.5) is 5.82 Å². The summed E-state index contributed by atoms with van der Waals surface area (Å²) in [5.41, 5.74) is 1.85. The first kappa shape index (κ1) is 22.9. The number of piperazine rings is 1. The summed E-state index contributed by atoms with van der Waals surface area (Å²) in [7, 11) is 0. The van der Waals surface area contributed by atoms with E-state index in [-0.39, 0.29) is 5.56 Å². The van der Waals surface area contributed by atoms with Gasteiger partial charge in [0.15, 0.2) is 5.16 Å². The molecule has 34 heavy (non-hydrogen) atoms. The molecule has 4 aromatic rings. The lowest BCUT2D eigenvalue weighted by Gasteiger charge is -2.35. The molecule has 9 heteroatoms. The number of hydrogen-bond donors (Lipinski definition) is 1. The van der Waals surface area contributed by atoms with E-state index in [9.17, 15) is 4.79 Å². The largest absolute Gasteiger partial charge is 0.354 e. The number of nitrogens with two attached hydrogens (primary N) is 1. The smallest absolute Gasteiger partial charge is 0.281 e. The van der Waals surface area contributed by atoms with Gasteiger partial charge in [0.05, 0.1) is 10.9 Å². The van der Waals surface area contributed by atoms with Crippen molar-refractivity contribution in [3.8, 4) is 0 Å². The van der Waals surface area contributed by atoms with Crippen LogP contribution >= 0.6 is 23.1 Å². The Labute approximate surface area is 206 Å². The Kier molecular flexibility index (Phi) is 6.58. The maximum absolute atomic E-state index is 12.6. The molecule has 4 heterocycles. The first-order valence-corrected chi connectivity index (χ1v) is 13.2. The normalized spacial score (nSPS) is 15.2. The van der Waals surface area contributed by atoms with E-state index in [1.54, 1.807) is 11.3 Å². The van der Waals surface area contributed by atoms with Crippen LogP contribution in [0.15, 0.2) is 58.5 Å². The van der Waals surface area contributed by atoms with Crippen LogP contribution in [0.1, 0.15) is 10.4 Å². The zero-order valence-electron chi connectivity index (χ0n) is 19.4. The highest BCUT2D eigenvalue weighted by Gasteiger charge is 2.18. The van der Waals surface area contributed by atoms with Crippen molar-refractivity contribution in [2.24, 2.45) is 0 Å². The van der Waals surface area contributed by atoms with Crippen molar-refractivity contribution in [1.82, 2.24) is 19.5 Å². The highest BCUT2D eigenvalue weighted by atomic mass is 32.2.